The summed E-state index contributed by atoms with van der Waals surface area (Å²) < 4.78 is 9.30. The number of aromatic nitrogens is 4. The summed E-state index contributed by atoms with van der Waals surface area (Å²) in [4.78, 5) is 4.80. The van der Waals surface area contributed by atoms with E-state index in [0.717, 1.165) is 29.3 Å². The summed E-state index contributed by atoms with van der Waals surface area (Å²) >= 11 is 0. The van der Waals surface area contributed by atoms with Gasteiger partial charge in [-0.15, -0.1) is 0 Å². The zero-order valence-corrected chi connectivity index (χ0v) is 12.5. The van der Waals surface area contributed by atoms with E-state index in [-0.39, 0.29) is 0 Å². The standard InChI is InChI=1S/C14H21N5O/c1-5-19-12(15)11(16-13(19)9-6-7-9)10-8(2)17-18(3)14(10)20-4/h9H,5-7,15H2,1-4H3. The van der Waals surface area contributed by atoms with E-state index in [4.69, 9.17) is 15.5 Å². The molecule has 1 aliphatic carbocycles. The van der Waals surface area contributed by atoms with Crippen molar-refractivity contribution in [3.8, 4) is 17.1 Å². The maximum absolute atomic E-state index is 6.32. The zero-order valence-electron chi connectivity index (χ0n) is 12.5. The smallest absolute Gasteiger partial charge is 0.221 e. The molecule has 0 atom stereocenters. The van der Waals surface area contributed by atoms with E-state index < -0.39 is 0 Å². The predicted molar refractivity (Wildman–Crippen MR) is 77.8 cm³/mol. The molecule has 3 rings (SSSR count). The zero-order chi connectivity index (χ0) is 14.4. The van der Waals surface area contributed by atoms with Crippen molar-refractivity contribution in [2.75, 3.05) is 12.8 Å². The molecule has 2 aromatic rings. The topological polar surface area (TPSA) is 70.9 Å². The van der Waals surface area contributed by atoms with E-state index in [1.54, 1.807) is 11.8 Å². The van der Waals surface area contributed by atoms with Gasteiger partial charge in [-0.1, -0.05) is 0 Å². The van der Waals surface area contributed by atoms with E-state index in [1.807, 2.05) is 14.0 Å². The Hall–Kier alpha value is -1.98. The van der Waals surface area contributed by atoms with Crippen molar-refractivity contribution in [2.45, 2.75) is 39.2 Å². The molecule has 2 heterocycles. The monoisotopic (exact) mass is 275 g/mol. The number of hydrogen-bond acceptors (Lipinski definition) is 4. The molecule has 20 heavy (non-hydrogen) atoms. The van der Waals surface area contributed by atoms with Crippen LogP contribution in [0.4, 0.5) is 5.82 Å². The predicted octanol–water partition coefficient (Wildman–Crippen LogP) is 2.08. The highest BCUT2D eigenvalue weighted by Gasteiger charge is 2.32. The summed E-state index contributed by atoms with van der Waals surface area (Å²) in [6, 6.07) is 0. The minimum Gasteiger partial charge on any atom is -0.481 e. The Morgan fingerprint density at radius 1 is 1.40 bits per heavy atom. The number of methoxy groups -OCH3 is 1. The number of imidazole rings is 1. The lowest BCUT2D eigenvalue weighted by molar-refractivity contribution is 0.374. The summed E-state index contributed by atoms with van der Waals surface area (Å²) in [6.07, 6.45) is 2.41. The van der Waals surface area contributed by atoms with Gasteiger partial charge in [-0.25, -0.2) is 9.67 Å². The lowest BCUT2D eigenvalue weighted by Gasteiger charge is -2.06. The molecular formula is C14H21N5O. The van der Waals surface area contributed by atoms with E-state index in [9.17, 15) is 0 Å². The highest BCUT2D eigenvalue weighted by molar-refractivity contribution is 5.77. The first kappa shape index (κ1) is 13.0. The van der Waals surface area contributed by atoms with Crippen LogP contribution >= 0.6 is 0 Å². The maximum atomic E-state index is 6.32. The number of hydrogen-bond donors (Lipinski definition) is 1. The fraction of sp³-hybridized carbons (Fsp3) is 0.571. The minimum absolute atomic E-state index is 0.564. The van der Waals surface area contributed by atoms with Gasteiger partial charge in [0, 0.05) is 19.5 Å². The van der Waals surface area contributed by atoms with E-state index in [1.165, 1.54) is 12.8 Å². The van der Waals surface area contributed by atoms with Crippen molar-refractivity contribution >= 4 is 5.82 Å². The van der Waals surface area contributed by atoms with Crippen LogP contribution in [0, 0.1) is 6.92 Å². The lowest BCUT2D eigenvalue weighted by Crippen LogP contribution is -2.04. The molecule has 2 N–H and O–H groups in total. The number of aryl methyl sites for hydroxylation is 2. The van der Waals surface area contributed by atoms with Gasteiger partial charge in [0.05, 0.1) is 18.4 Å². The average molecular weight is 275 g/mol. The van der Waals surface area contributed by atoms with Crippen LogP contribution in [0.15, 0.2) is 0 Å². The molecule has 0 bridgehead atoms. The van der Waals surface area contributed by atoms with Crippen LogP contribution in [-0.4, -0.2) is 26.4 Å². The third-order valence-corrected chi connectivity index (χ3v) is 3.89. The summed E-state index contributed by atoms with van der Waals surface area (Å²) in [5.41, 5.74) is 8.92. The fourth-order valence-corrected chi connectivity index (χ4v) is 2.80. The normalized spacial score (nSPS) is 14.8. The Morgan fingerprint density at radius 3 is 2.65 bits per heavy atom. The first-order valence-corrected chi connectivity index (χ1v) is 7.02. The van der Waals surface area contributed by atoms with Gasteiger partial charge in [-0.3, -0.25) is 0 Å². The van der Waals surface area contributed by atoms with Crippen LogP contribution in [0.1, 0.15) is 37.2 Å². The van der Waals surface area contributed by atoms with Crippen LogP contribution in [0.3, 0.4) is 0 Å². The molecule has 0 radical (unpaired) electrons. The van der Waals surface area contributed by atoms with Crippen LogP contribution in [0.2, 0.25) is 0 Å². The third-order valence-electron chi connectivity index (χ3n) is 3.89. The highest BCUT2D eigenvalue weighted by atomic mass is 16.5. The molecule has 6 nitrogen and oxygen atoms in total. The van der Waals surface area contributed by atoms with Crippen molar-refractivity contribution in [1.29, 1.82) is 0 Å². The van der Waals surface area contributed by atoms with Crippen molar-refractivity contribution < 1.29 is 4.74 Å². The van der Waals surface area contributed by atoms with Gasteiger partial charge in [0.25, 0.3) is 0 Å². The maximum Gasteiger partial charge on any atom is 0.221 e. The summed E-state index contributed by atoms with van der Waals surface area (Å²) in [6.45, 7) is 4.90. The Bertz CT molecular complexity index is 651. The van der Waals surface area contributed by atoms with Crippen molar-refractivity contribution in [1.82, 2.24) is 19.3 Å². The Balaban J connectivity index is 2.20. The summed E-state index contributed by atoms with van der Waals surface area (Å²) in [5, 5.41) is 4.41. The molecule has 1 fully saturated rings. The molecule has 2 aromatic heterocycles. The molecule has 1 aliphatic rings. The van der Waals surface area contributed by atoms with Crippen molar-refractivity contribution in [2.24, 2.45) is 7.05 Å². The number of nitrogens with zero attached hydrogens (tertiary/aromatic N) is 4. The van der Waals surface area contributed by atoms with Crippen molar-refractivity contribution in [3.05, 3.63) is 11.5 Å². The molecule has 0 aromatic carbocycles. The van der Waals surface area contributed by atoms with Gasteiger partial charge in [0.2, 0.25) is 5.88 Å². The second kappa shape index (κ2) is 4.54. The fourth-order valence-electron chi connectivity index (χ4n) is 2.80. The van der Waals surface area contributed by atoms with Crippen molar-refractivity contribution in [3.63, 3.8) is 0 Å². The highest BCUT2D eigenvalue weighted by Crippen LogP contribution is 2.44. The minimum atomic E-state index is 0.564. The average Bonchev–Trinajstić information content (AvgIpc) is 3.14. The number of rotatable bonds is 4. The molecule has 1 saturated carbocycles. The van der Waals surface area contributed by atoms with E-state index in [0.29, 0.717) is 17.6 Å². The molecule has 0 unspecified atom stereocenters. The SMILES string of the molecule is CCn1c(C2CC2)nc(-c2c(C)nn(C)c2OC)c1N. The number of ether oxygens (including phenoxy) is 1. The van der Waals surface area contributed by atoms with Gasteiger partial charge in [0.15, 0.2) is 0 Å². The van der Waals surface area contributed by atoms with Crippen LogP contribution in [-0.2, 0) is 13.6 Å². The van der Waals surface area contributed by atoms with Gasteiger partial charge >= 0.3 is 0 Å². The van der Waals surface area contributed by atoms with Gasteiger partial charge in [-0.2, -0.15) is 5.10 Å². The summed E-state index contributed by atoms with van der Waals surface area (Å²) in [7, 11) is 3.51. The van der Waals surface area contributed by atoms with Crippen LogP contribution in [0.5, 0.6) is 5.88 Å². The Kier molecular flexibility index (Phi) is 2.96. The van der Waals surface area contributed by atoms with Gasteiger partial charge < -0.3 is 15.0 Å². The first-order valence-electron chi connectivity index (χ1n) is 7.02. The lowest BCUT2D eigenvalue weighted by atomic mass is 10.2. The molecule has 6 heteroatoms. The molecular weight excluding hydrogens is 254 g/mol. The second-order valence-electron chi connectivity index (χ2n) is 5.32. The van der Waals surface area contributed by atoms with Crippen LogP contribution in [0.25, 0.3) is 11.3 Å². The number of anilines is 1. The Morgan fingerprint density at radius 2 is 2.10 bits per heavy atom. The summed E-state index contributed by atoms with van der Waals surface area (Å²) in [5.74, 6) is 3.08. The molecule has 0 spiro atoms. The van der Waals surface area contributed by atoms with Crippen LogP contribution < -0.4 is 10.5 Å². The van der Waals surface area contributed by atoms with Gasteiger partial charge in [-0.05, 0) is 26.7 Å². The molecule has 0 saturated heterocycles. The molecule has 0 amide bonds. The Labute approximate surface area is 118 Å². The molecule has 108 valence electrons. The van der Waals surface area contributed by atoms with E-state index in [2.05, 4.69) is 16.6 Å². The molecule has 0 aliphatic heterocycles. The third kappa shape index (κ3) is 1.78. The number of nitrogen functional groups attached to an aromatic ring is 1. The first-order chi connectivity index (χ1) is 9.58. The van der Waals surface area contributed by atoms with E-state index >= 15 is 0 Å². The second-order valence-corrected chi connectivity index (χ2v) is 5.32. The quantitative estimate of drug-likeness (QED) is 0.927. The van der Waals surface area contributed by atoms with Gasteiger partial charge in [0.1, 0.15) is 17.3 Å². The largest absolute Gasteiger partial charge is 0.481 e. The number of nitrogens with two attached hydrogens (primary N) is 1.